The van der Waals surface area contributed by atoms with Crippen LogP contribution in [0.25, 0.3) is 0 Å². The Kier molecular flexibility index (Phi) is 4.33. The van der Waals surface area contributed by atoms with Crippen LogP contribution in [0.4, 0.5) is 5.95 Å². The van der Waals surface area contributed by atoms with E-state index < -0.39 is 0 Å². The molecule has 1 aliphatic rings. The van der Waals surface area contributed by atoms with Gasteiger partial charge in [0, 0.05) is 39.3 Å². The molecule has 1 fully saturated rings. The zero-order chi connectivity index (χ0) is 12.1. The predicted octanol–water partition coefficient (Wildman–Crippen LogP) is 0.321. The average Bonchev–Trinajstić information content (AvgIpc) is 2.81. The van der Waals surface area contributed by atoms with Crippen LogP contribution in [0.2, 0.25) is 0 Å². The molecule has 0 aliphatic carbocycles. The maximum atomic E-state index is 5.29. The summed E-state index contributed by atoms with van der Waals surface area (Å²) in [5.74, 6) is 1.42. The molecule has 6 heteroatoms. The summed E-state index contributed by atoms with van der Waals surface area (Å²) in [6, 6.07) is 0. The van der Waals surface area contributed by atoms with Crippen molar-refractivity contribution in [2.75, 3.05) is 44.2 Å². The molecule has 1 aliphatic heterocycles. The molecule has 0 atom stereocenters. The van der Waals surface area contributed by atoms with Crippen LogP contribution in [-0.4, -0.2) is 54.3 Å². The van der Waals surface area contributed by atoms with Crippen LogP contribution < -0.4 is 10.2 Å². The molecular formula is C11H21N5O. The lowest BCUT2D eigenvalue weighted by Crippen LogP contribution is -2.42. The highest BCUT2D eigenvalue weighted by Gasteiger charge is 2.15. The van der Waals surface area contributed by atoms with Gasteiger partial charge in [0.2, 0.25) is 5.89 Å². The van der Waals surface area contributed by atoms with Gasteiger partial charge in [-0.05, 0) is 19.0 Å². The van der Waals surface area contributed by atoms with Gasteiger partial charge in [0.1, 0.15) is 0 Å². The molecule has 2 rings (SSSR count). The number of rotatable bonds is 5. The molecule has 0 amide bonds. The van der Waals surface area contributed by atoms with Crippen molar-refractivity contribution in [1.82, 2.24) is 20.4 Å². The number of nitrogens with zero attached hydrogens (tertiary/aromatic N) is 4. The molecule has 0 aromatic carbocycles. The number of nitrogens with one attached hydrogen (secondary N) is 1. The molecule has 0 saturated carbocycles. The summed E-state index contributed by atoms with van der Waals surface area (Å²) >= 11 is 0. The Morgan fingerprint density at radius 1 is 1.29 bits per heavy atom. The van der Waals surface area contributed by atoms with E-state index in [0.717, 1.165) is 45.8 Å². The minimum absolute atomic E-state index is 0.708. The minimum Gasteiger partial charge on any atom is -0.339 e. The van der Waals surface area contributed by atoms with E-state index in [1.54, 1.807) is 0 Å². The molecule has 1 N–H and O–H groups in total. The quantitative estimate of drug-likeness (QED) is 0.798. The number of hydrogen-bond acceptors (Lipinski definition) is 6. The van der Waals surface area contributed by atoms with Crippen LogP contribution in [0, 0.1) is 0 Å². The molecule has 17 heavy (non-hydrogen) atoms. The van der Waals surface area contributed by atoms with E-state index in [9.17, 15) is 0 Å². The van der Waals surface area contributed by atoms with Gasteiger partial charge in [-0.1, -0.05) is 0 Å². The lowest BCUT2D eigenvalue weighted by molar-refractivity contribution is 0.203. The van der Waals surface area contributed by atoms with E-state index in [2.05, 4.69) is 39.1 Å². The molecule has 0 radical (unpaired) electrons. The van der Waals surface area contributed by atoms with Crippen molar-refractivity contribution >= 4 is 5.95 Å². The first kappa shape index (κ1) is 12.3. The number of anilines is 1. The SMILES string of the molecule is CCN(CC)c1noc(CN2CCNCC2)n1. The summed E-state index contributed by atoms with van der Waals surface area (Å²) in [5.41, 5.74) is 0. The van der Waals surface area contributed by atoms with E-state index in [-0.39, 0.29) is 0 Å². The topological polar surface area (TPSA) is 57.4 Å². The predicted molar refractivity (Wildman–Crippen MR) is 66.0 cm³/mol. The number of piperazine rings is 1. The first-order chi connectivity index (χ1) is 8.33. The van der Waals surface area contributed by atoms with Crippen LogP contribution in [0.5, 0.6) is 0 Å². The maximum absolute atomic E-state index is 5.29. The molecule has 0 bridgehead atoms. The smallest absolute Gasteiger partial charge is 0.266 e. The fourth-order valence-corrected chi connectivity index (χ4v) is 2.01. The largest absolute Gasteiger partial charge is 0.339 e. The highest BCUT2D eigenvalue weighted by molar-refractivity contribution is 5.26. The van der Waals surface area contributed by atoms with E-state index in [0.29, 0.717) is 11.8 Å². The van der Waals surface area contributed by atoms with Crippen LogP contribution >= 0.6 is 0 Å². The third-order valence-electron chi connectivity index (χ3n) is 3.07. The first-order valence-electron chi connectivity index (χ1n) is 6.34. The van der Waals surface area contributed by atoms with Gasteiger partial charge < -0.3 is 14.7 Å². The molecule has 2 heterocycles. The Morgan fingerprint density at radius 2 is 2.00 bits per heavy atom. The summed E-state index contributed by atoms with van der Waals surface area (Å²) in [6.45, 7) is 10.9. The van der Waals surface area contributed by atoms with Gasteiger partial charge in [0.15, 0.2) is 0 Å². The Morgan fingerprint density at radius 3 is 2.65 bits per heavy atom. The Bertz CT molecular complexity index is 330. The van der Waals surface area contributed by atoms with Crippen molar-refractivity contribution in [1.29, 1.82) is 0 Å². The van der Waals surface area contributed by atoms with Crippen LogP contribution in [0.1, 0.15) is 19.7 Å². The van der Waals surface area contributed by atoms with Crippen molar-refractivity contribution in [3.63, 3.8) is 0 Å². The van der Waals surface area contributed by atoms with Gasteiger partial charge in [0.05, 0.1) is 6.54 Å². The van der Waals surface area contributed by atoms with Crippen molar-refractivity contribution in [2.24, 2.45) is 0 Å². The fourth-order valence-electron chi connectivity index (χ4n) is 2.01. The van der Waals surface area contributed by atoms with Gasteiger partial charge in [-0.3, -0.25) is 4.90 Å². The molecule has 1 aromatic heterocycles. The first-order valence-corrected chi connectivity index (χ1v) is 6.34. The van der Waals surface area contributed by atoms with Gasteiger partial charge in [0.25, 0.3) is 5.95 Å². The lowest BCUT2D eigenvalue weighted by Gasteiger charge is -2.25. The molecular weight excluding hydrogens is 218 g/mol. The normalized spacial score (nSPS) is 17.3. The zero-order valence-electron chi connectivity index (χ0n) is 10.6. The van der Waals surface area contributed by atoms with Crippen LogP contribution in [0.15, 0.2) is 4.52 Å². The Hall–Kier alpha value is -1.14. The average molecular weight is 239 g/mol. The second-order valence-electron chi connectivity index (χ2n) is 4.19. The summed E-state index contributed by atoms with van der Waals surface area (Å²) < 4.78 is 5.29. The third kappa shape index (κ3) is 3.17. The van der Waals surface area contributed by atoms with E-state index in [1.807, 2.05) is 0 Å². The molecule has 1 aromatic rings. The fraction of sp³-hybridized carbons (Fsp3) is 0.818. The molecule has 1 saturated heterocycles. The monoisotopic (exact) mass is 239 g/mol. The minimum atomic E-state index is 0.708. The van der Waals surface area contributed by atoms with E-state index in [1.165, 1.54) is 0 Å². The van der Waals surface area contributed by atoms with Gasteiger partial charge in [-0.25, -0.2) is 0 Å². The summed E-state index contributed by atoms with van der Waals surface area (Å²) in [6.07, 6.45) is 0. The van der Waals surface area contributed by atoms with Crippen LogP contribution in [0.3, 0.4) is 0 Å². The molecule has 0 spiro atoms. The van der Waals surface area contributed by atoms with Gasteiger partial charge in [-0.15, -0.1) is 0 Å². The zero-order valence-corrected chi connectivity index (χ0v) is 10.6. The highest BCUT2D eigenvalue weighted by atomic mass is 16.5. The number of aromatic nitrogens is 2. The summed E-state index contributed by atoms with van der Waals surface area (Å²) in [5, 5.41) is 7.35. The second-order valence-corrected chi connectivity index (χ2v) is 4.19. The van der Waals surface area contributed by atoms with Gasteiger partial charge >= 0.3 is 0 Å². The molecule has 0 unspecified atom stereocenters. The maximum Gasteiger partial charge on any atom is 0.266 e. The lowest BCUT2D eigenvalue weighted by atomic mass is 10.3. The number of hydrogen-bond donors (Lipinski definition) is 1. The summed E-state index contributed by atoms with van der Waals surface area (Å²) in [4.78, 5) is 8.85. The highest BCUT2D eigenvalue weighted by Crippen LogP contribution is 2.10. The third-order valence-corrected chi connectivity index (χ3v) is 3.07. The van der Waals surface area contributed by atoms with E-state index in [4.69, 9.17) is 4.52 Å². The van der Waals surface area contributed by atoms with Crippen molar-refractivity contribution < 1.29 is 4.52 Å². The Balaban J connectivity index is 1.93. The van der Waals surface area contributed by atoms with Crippen molar-refractivity contribution in [2.45, 2.75) is 20.4 Å². The summed E-state index contributed by atoms with van der Waals surface area (Å²) in [7, 11) is 0. The molecule has 6 nitrogen and oxygen atoms in total. The van der Waals surface area contributed by atoms with Crippen molar-refractivity contribution in [3.8, 4) is 0 Å². The standard InChI is InChI=1S/C11H21N5O/c1-3-16(4-2)11-13-10(17-14-11)9-15-7-5-12-6-8-15/h12H,3-9H2,1-2H3. The second kappa shape index (κ2) is 5.97. The van der Waals surface area contributed by atoms with Crippen LogP contribution in [-0.2, 0) is 6.54 Å². The molecule has 96 valence electrons. The van der Waals surface area contributed by atoms with Crippen molar-refractivity contribution in [3.05, 3.63) is 5.89 Å². The Labute approximate surface area is 102 Å². The van der Waals surface area contributed by atoms with E-state index >= 15 is 0 Å². The van der Waals surface area contributed by atoms with Gasteiger partial charge in [-0.2, -0.15) is 4.98 Å².